The van der Waals surface area contributed by atoms with Crippen molar-refractivity contribution < 1.29 is 14.6 Å². The van der Waals surface area contributed by atoms with Gasteiger partial charge >= 0.3 is 5.97 Å². The Hall–Kier alpha value is -2.92. The lowest BCUT2D eigenvalue weighted by Crippen LogP contribution is -2.07. The van der Waals surface area contributed by atoms with Crippen molar-refractivity contribution in [2.75, 3.05) is 6.61 Å². The lowest BCUT2D eigenvalue weighted by molar-refractivity contribution is -0.143. The third kappa shape index (κ3) is 5.28. The van der Waals surface area contributed by atoms with Crippen LogP contribution in [-0.4, -0.2) is 27.2 Å². The first kappa shape index (κ1) is 18.9. The molecule has 140 valence electrons. The molecule has 2 aromatic carbocycles. The first-order valence-electron chi connectivity index (χ1n) is 9.14. The van der Waals surface area contributed by atoms with E-state index < -0.39 is 6.10 Å². The highest BCUT2D eigenvalue weighted by atomic mass is 16.5. The topological polar surface area (TPSA) is 64.3 Å². The van der Waals surface area contributed by atoms with Crippen LogP contribution in [0.1, 0.15) is 30.6 Å². The molecule has 0 spiro atoms. The van der Waals surface area contributed by atoms with E-state index in [1.165, 1.54) is 0 Å². The SMILES string of the molecule is CCOC(=O)CCc1ccc(-c2cccc(C(O)Cn3ccnc3)c2)cc1. The molecule has 1 unspecified atom stereocenters. The number of hydrogen-bond acceptors (Lipinski definition) is 4. The molecule has 1 aromatic heterocycles. The van der Waals surface area contributed by atoms with Gasteiger partial charge in [0.1, 0.15) is 0 Å². The molecule has 0 saturated carbocycles. The summed E-state index contributed by atoms with van der Waals surface area (Å²) < 4.78 is 6.82. The molecular formula is C22H24N2O3. The Morgan fingerprint density at radius 3 is 2.70 bits per heavy atom. The van der Waals surface area contributed by atoms with E-state index in [0.717, 1.165) is 22.3 Å². The molecule has 3 aromatic rings. The molecule has 0 aliphatic carbocycles. The lowest BCUT2D eigenvalue weighted by Gasteiger charge is -2.13. The van der Waals surface area contributed by atoms with Crippen molar-refractivity contribution in [3.8, 4) is 11.1 Å². The largest absolute Gasteiger partial charge is 0.466 e. The maximum absolute atomic E-state index is 11.5. The predicted octanol–water partition coefficient (Wildman–Crippen LogP) is 3.78. The van der Waals surface area contributed by atoms with E-state index in [1.54, 1.807) is 12.5 Å². The molecule has 1 heterocycles. The zero-order valence-corrected chi connectivity index (χ0v) is 15.4. The molecule has 1 atom stereocenters. The molecule has 0 aliphatic heterocycles. The van der Waals surface area contributed by atoms with Crippen LogP contribution in [0.4, 0.5) is 0 Å². The number of ether oxygens (including phenoxy) is 1. The number of carbonyl (C=O) groups is 1. The van der Waals surface area contributed by atoms with Crippen molar-refractivity contribution in [2.24, 2.45) is 0 Å². The van der Waals surface area contributed by atoms with Crippen LogP contribution in [0.25, 0.3) is 11.1 Å². The number of aliphatic hydroxyl groups is 1. The van der Waals surface area contributed by atoms with E-state index >= 15 is 0 Å². The standard InChI is InChI=1S/C22H24N2O3/c1-2-27-22(26)11-8-17-6-9-18(10-7-17)19-4-3-5-20(14-19)21(25)15-24-13-12-23-16-24/h3-7,9-10,12-14,16,21,25H,2,8,11,15H2,1H3. The molecular weight excluding hydrogens is 340 g/mol. The van der Waals surface area contributed by atoms with Crippen LogP contribution in [0.3, 0.4) is 0 Å². The van der Waals surface area contributed by atoms with Gasteiger partial charge in [-0.2, -0.15) is 0 Å². The van der Waals surface area contributed by atoms with Gasteiger partial charge in [-0.1, -0.05) is 42.5 Å². The normalized spacial score (nSPS) is 11.9. The van der Waals surface area contributed by atoms with Gasteiger partial charge in [0.15, 0.2) is 0 Å². The molecule has 0 aliphatic rings. The van der Waals surface area contributed by atoms with Crippen LogP contribution in [0.5, 0.6) is 0 Å². The molecule has 1 N–H and O–H groups in total. The average Bonchev–Trinajstić information content (AvgIpc) is 3.20. The van der Waals surface area contributed by atoms with Crippen molar-refractivity contribution in [2.45, 2.75) is 32.4 Å². The smallest absolute Gasteiger partial charge is 0.306 e. The van der Waals surface area contributed by atoms with Crippen molar-refractivity contribution in [3.63, 3.8) is 0 Å². The number of aliphatic hydroxyl groups excluding tert-OH is 1. The number of rotatable bonds is 8. The maximum atomic E-state index is 11.5. The van der Waals surface area contributed by atoms with E-state index in [9.17, 15) is 9.90 Å². The molecule has 27 heavy (non-hydrogen) atoms. The van der Waals surface area contributed by atoms with Gasteiger partial charge in [-0.3, -0.25) is 4.79 Å². The Morgan fingerprint density at radius 1 is 1.19 bits per heavy atom. The van der Waals surface area contributed by atoms with Gasteiger partial charge < -0.3 is 14.4 Å². The summed E-state index contributed by atoms with van der Waals surface area (Å²) in [5.41, 5.74) is 4.09. The summed E-state index contributed by atoms with van der Waals surface area (Å²) in [5, 5.41) is 10.5. The number of esters is 1. The minimum Gasteiger partial charge on any atom is -0.466 e. The highest BCUT2D eigenvalue weighted by molar-refractivity contribution is 5.70. The fraction of sp³-hybridized carbons (Fsp3) is 0.273. The second-order valence-corrected chi connectivity index (χ2v) is 6.40. The van der Waals surface area contributed by atoms with Gasteiger partial charge in [0.2, 0.25) is 0 Å². The molecule has 0 bridgehead atoms. The van der Waals surface area contributed by atoms with E-state index in [1.807, 2.05) is 66.2 Å². The quantitative estimate of drug-likeness (QED) is 0.618. The van der Waals surface area contributed by atoms with Crippen LogP contribution >= 0.6 is 0 Å². The first-order chi connectivity index (χ1) is 13.2. The fourth-order valence-electron chi connectivity index (χ4n) is 2.97. The van der Waals surface area contributed by atoms with Gasteiger partial charge in [0, 0.05) is 18.8 Å². The minimum absolute atomic E-state index is 0.166. The van der Waals surface area contributed by atoms with Gasteiger partial charge in [0.05, 0.1) is 25.6 Å². The fourth-order valence-corrected chi connectivity index (χ4v) is 2.97. The van der Waals surface area contributed by atoms with E-state index in [4.69, 9.17) is 4.74 Å². The summed E-state index contributed by atoms with van der Waals surface area (Å²) in [6, 6.07) is 16.1. The summed E-state index contributed by atoms with van der Waals surface area (Å²) in [6.07, 6.45) is 5.70. The third-order valence-corrected chi connectivity index (χ3v) is 4.42. The summed E-state index contributed by atoms with van der Waals surface area (Å²) in [4.78, 5) is 15.5. The highest BCUT2D eigenvalue weighted by Gasteiger charge is 2.10. The molecule has 0 saturated heterocycles. The number of hydrogen-bond donors (Lipinski definition) is 1. The molecule has 0 fully saturated rings. The molecule has 0 radical (unpaired) electrons. The van der Waals surface area contributed by atoms with Crippen LogP contribution in [0.2, 0.25) is 0 Å². The zero-order valence-electron chi connectivity index (χ0n) is 15.4. The van der Waals surface area contributed by atoms with Crippen LogP contribution in [0, 0.1) is 0 Å². The van der Waals surface area contributed by atoms with Crippen molar-refractivity contribution in [3.05, 3.63) is 78.4 Å². The Morgan fingerprint density at radius 2 is 2.00 bits per heavy atom. The van der Waals surface area contributed by atoms with Gasteiger partial charge in [0.25, 0.3) is 0 Å². The molecule has 0 amide bonds. The van der Waals surface area contributed by atoms with Crippen LogP contribution < -0.4 is 0 Å². The Bertz CT molecular complexity index is 858. The second-order valence-electron chi connectivity index (χ2n) is 6.40. The van der Waals surface area contributed by atoms with Crippen molar-refractivity contribution in [1.82, 2.24) is 9.55 Å². The van der Waals surface area contributed by atoms with Crippen LogP contribution in [-0.2, 0) is 22.5 Å². The van der Waals surface area contributed by atoms with Crippen molar-refractivity contribution >= 4 is 5.97 Å². The van der Waals surface area contributed by atoms with Gasteiger partial charge in [-0.15, -0.1) is 0 Å². The minimum atomic E-state index is -0.594. The maximum Gasteiger partial charge on any atom is 0.306 e. The number of aryl methyl sites for hydroxylation is 1. The lowest BCUT2D eigenvalue weighted by atomic mass is 9.99. The predicted molar refractivity (Wildman–Crippen MR) is 104 cm³/mol. The number of benzene rings is 2. The highest BCUT2D eigenvalue weighted by Crippen LogP contribution is 2.25. The molecule has 5 heteroatoms. The van der Waals surface area contributed by atoms with Crippen LogP contribution in [0.15, 0.2) is 67.3 Å². The Kier molecular flexibility index (Phi) is 6.39. The summed E-state index contributed by atoms with van der Waals surface area (Å²) >= 11 is 0. The van der Waals surface area contributed by atoms with E-state index in [-0.39, 0.29) is 5.97 Å². The van der Waals surface area contributed by atoms with Gasteiger partial charge in [-0.05, 0) is 41.7 Å². The first-order valence-corrected chi connectivity index (χ1v) is 9.14. The van der Waals surface area contributed by atoms with Gasteiger partial charge in [-0.25, -0.2) is 4.98 Å². The summed E-state index contributed by atoms with van der Waals surface area (Å²) in [5.74, 6) is -0.166. The second kappa shape index (κ2) is 9.14. The molecule has 5 nitrogen and oxygen atoms in total. The number of aromatic nitrogens is 2. The van der Waals surface area contributed by atoms with Crippen molar-refractivity contribution in [1.29, 1.82) is 0 Å². The Balaban J connectivity index is 1.66. The van der Waals surface area contributed by atoms with E-state index in [0.29, 0.717) is 26.0 Å². The van der Waals surface area contributed by atoms with E-state index in [2.05, 4.69) is 4.98 Å². The number of imidazole rings is 1. The average molecular weight is 364 g/mol. The summed E-state index contributed by atoms with van der Waals surface area (Å²) in [7, 11) is 0. The molecule has 3 rings (SSSR count). The zero-order chi connectivity index (χ0) is 19.1. The monoisotopic (exact) mass is 364 g/mol. The number of nitrogens with zero attached hydrogens (tertiary/aromatic N) is 2. The third-order valence-electron chi connectivity index (χ3n) is 4.42. The Labute approximate surface area is 159 Å². The number of carbonyl (C=O) groups excluding carboxylic acids is 1. The summed E-state index contributed by atoms with van der Waals surface area (Å²) in [6.45, 7) is 2.70.